The molecule has 4 aromatic rings. The Morgan fingerprint density at radius 2 is 1.59 bits per heavy atom. The van der Waals surface area contributed by atoms with E-state index in [1.54, 1.807) is 39.8 Å². The van der Waals surface area contributed by atoms with Gasteiger partial charge in [-0.25, -0.2) is 31.4 Å². The highest BCUT2D eigenvalue weighted by Gasteiger charge is 2.66. The molecule has 0 bridgehead atoms. The minimum absolute atomic E-state index is 0.0855. The maximum absolute atomic E-state index is 14.5. The monoisotopic (exact) mass is 703 g/mol. The summed E-state index contributed by atoms with van der Waals surface area (Å²) in [6.07, 6.45) is -5.20. The second-order valence-electron chi connectivity index (χ2n) is 13.6. The molecule has 1 saturated heterocycles. The largest absolute Gasteiger partial charge is 0.496 e. The fourth-order valence-electron chi connectivity index (χ4n) is 6.72. The molecule has 1 aliphatic carbocycles. The molecule has 2 fully saturated rings. The molecule has 1 aliphatic heterocycles. The highest BCUT2D eigenvalue weighted by molar-refractivity contribution is 7.90. The van der Waals surface area contributed by atoms with Crippen LogP contribution in [0, 0.1) is 18.2 Å². The maximum atomic E-state index is 14.5. The average Bonchev–Trinajstić information content (AvgIpc) is 3.37. The first-order valence-electron chi connectivity index (χ1n) is 15.2. The Kier molecular flexibility index (Phi) is 8.00. The van der Waals surface area contributed by atoms with Crippen LogP contribution in [0.15, 0.2) is 65.7 Å². The number of carbonyl (C=O) groups is 2. The molecule has 10 nitrogen and oxygen atoms in total. The second kappa shape index (κ2) is 11.5. The summed E-state index contributed by atoms with van der Waals surface area (Å²) in [5, 5.41) is 0.129. The third-order valence-electron chi connectivity index (χ3n) is 8.68. The van der Waals surface area contributed by atoms with Crippen LogP contribution in [0.3, 0.4) is 0 Å². The first-order valence-corrected chi connectivity index (χ1v) is 16.7. The molecule has 1 spiro atoms. The van der Waals surface area contributed by atoms with Crippen molar-refractivity contribution < 1.29 is 49.8 Å². The highest BCUT2D eigenvalue weighted by atomic mass is 32.2. The lowest BCUT2D eigenvalue weighted by atomic mass is 9.54. The molecule has 2 aromatic carbocycles. The number of likely N-dealkylation sites (tertiary alicyclic amines) is 1. The van der Waals surface area contributed by atoms with Crippen molar-refractivity contribution in [1.29, 1.82) is 0 Å². The number of amides is 1. The topological polar surface area (TPSA) is 117 Å². The SMILES string of the molecule is COc1ccc(F)cc1-c1ccnc2c1cc(C1(OC(=O)C(F)(F)F)CC3(CN(C(=O)OC(C)(C)C)C3)C1)n2S(=O)(=O)c1ccc(C)cc1. The lowest BCUT2D eigenvalue weighted by Gasteiger charge is -2.62. The zero-order chi connectivity index (χ0) is 35.7. The summed E-state index contributed by atoms with van der Waals surface area (Å²) in [6, 6.07) is 12.4. The minimum atomic E-state index is -5.40. The number of methoxy groups -OCH3 is 1. The van der Waals surface area contributed by atoms with Crippen LogP contribution in [-0.2, 0) is 29.9 Å². The number of pyridine rings is 1. The van der Waals surface area contributed by atoms with Crippen molar-refractivity contribution in [2.24, 2.45) is 5.41 Å². The van der Waals surface area contributed by atoms with Crippen molar-refractivity contribution in [2.45, 2.75) is 62.8 Å². The zero-order valence-corrected chi connectivity index (χ0v) is 28.0. The highest BCUT2D eigenvalue weighted by Crippen LogP contribution is 2.62. The molecule has 3 heterocycles. The van der Waals surface area contributed by atoms with E-state index in [1.807, 2.05) is 0 Å². The van der Waals surface area contributed by atoms with E-state index in [4.69, 9.17) is 14.2 Å². The molecular formula is C34H33F4N3O7S. The fraction of sp³-hybridized carbons (Fsp3) is 0.382. The van der Waals surface area contributed by atoms with Crippen molar-refractivity contribution in [1.82, 2.24) is 13.9 Å². The van der Waals surface area contributed by atoms with Gasteiger partial charge in [0, 0.05) is 48.5 Å². The van der Waals surface area contributed by atoms with Gasteiger partial charge in [-0.05, 0) is 75.7 Å². The molecular weight excluding hydrogens is 670 g/mol. The van der Waals surface area contributed by atoms with Crippen LogP contribution in [0.2, 0.25) is 0 Å². The number of esters is 1. The molecule has 0 unspecified atom stereocenters. The number of alkyl halides is 3. The van der Waals surface area contributed by atoms with Crippen LogP contribution >= 0.6 is 0 Å². The Balaban J connectivity index is 1.55. The van der Waals surface area contributed by atoms with E-state index in [0.717, 1.165) is 9.54 Å². The van der Waals surface area contributed by atoms with Gasteiger partial charge >= 0.3 is 18.2 Å². The fourth-order valence-corrected chi connectivity index (χ4v) is 8.26. The molecule has 260 valence electrons. The summed E-state index contributed by atoms with van der Waals surface area (Å²) in [4.78, 5) is 30.7. The van der Waals surface area contributed by atoms with Crippen LogP contribution in [0.4, 0.5) is 22.4 Å². The van der Waals surface area contributed by atoms with Gasteiger partial charge in [0.05, 0.1) is 17.7 Å². The molecule has 2 aliphatic rings. The van der Waals surface area contributed by atoms with Crippen LogP contribution in [0.1, 0.15) is 44.9 Å². The lowest BCUT2D eigenvalue weighted by molar-refractivity contribution is -0.250. The molecule has 49 heavy (non-hydrogen) atoms. The van der Waals surface area contributed by atoms with E-state index in [2.05, 4.69) is 4.98 Å². The predicted octanol–water partition coefficient (Wildman–Crippen LogP) is 6.73. The summed E-state index contributed by atoms with van der Waals surface area (Å²) in [5.41, 5.74) is -2.90. The van der Waals surface area contributed by atoms with E-state index < -0.39 is 50.7 Å². The summed E-state index contributed by atoms with van der Waals surface area (Å²) in [6.45, 7) is 7.01. The van der Waals surface area contributed by atoms with E-state index in [1.165, 1.54) is 60.7 Å². The molecule has 1 saturated carbocycles. The van der Waals surface area contributed by atoms with Gasteiger partial charge in [0.25, 0.3) is 10.0 Å². The number of ether oxygens (including phenoxy) is 3. The third kappa shape index (κ3) is 6.08. The molecule has 0 radical (unpaired) electrons. The Bertz CT molecular complexity index is 2070. The number of hydrogen-bond donors (Lipinski definition) is 0. The summed E-state index contributed by atoms with van der Waals surface area (Å²) in [7, 11) is -3.23. The van der Waals surface area contributed by atoms with Crippen molar-refractivity contribution in [3.63, 3.8) is 0 Å². The van der Waals surface area contributed by atoms with Crippen molar-refractivity contribution in [2.75, 3.05) is 20.2 Å². The normalized spacial score (nSPS) is 17.0. The Labute approximate surface area is 279 Å². The van der Waals surface area contributed by atoms with Gasteiger partial charge in [0.2, 0.25) is 0 Å². The van der Waals surface area contributed by atoms with E-state index >= 15 is 0 Å². The standard InChI is InChI=1S/C34H33F4N3O7S/c1-20-6-9-22(10-7-20)49(44,45)41-27(15-25-23(12-13-39-28(25)41)24-14-21(35)8-11-26(24)46-5)33(47-29(42)34(36,37)38)16-32(17-33)18-40(19-32)30(43)48-31(2,3)4/h6-15H,16-19H2,1-5H3. The molecule has 0 N–H and O–H groups in total. The summed E-state index contributed by atoms with van der Waals surface area (Å²) >= 11 is 0. The lowest BCUT2D eigenvalue weighted by Crippen LogP contribution is -2.69. The average molecular weight is 704 g/mol. The van der Waals surface area contributed by atoms with Crippen molar-refractivity contribution in [3.8, 4) is 16.9 Å². The smallest absolute Gasteiger partial charge is 0.490 e. The van der Waals surface area contributed by atoms with Crippen molar-refractivity contribution in [3.05, 3.63) is 77.9 Å². The summed E-state index contributed by atoms with van der Waals surface area (Å²) in [5.74, 6) is -2.89. The van der Waals surface area contributed by atoms with Gasteiger partial charge in [0.1, 0.15) is 17.2 Å². The van der Waals surface area contributed by atoms with Crippen LogP contribution in [0.5, 0.6) is 5.75 Å². The first-order chi connectivity index (χ1) is 22.8. The zero-order valence-electron chi connectivity index (χ0n) is 27.2. The number of rotatable bonds is 6. The number of aryl methyl sites for hydroxylation is 1. The molecule has 6 rings (SSSR count). The van der Waals surface area contributed by atoms with Crippen LogP contribution in [0.25, 0.3) is 22.2 Å². The molecule has 15 heteroatoms. The number of halogens is 4. The Morgan fingerprint density at radius 1 is 0.939 bits per heavy atom. The third-order valence-corrected chi connectivity index (χ3v) is 10.4. The van der Waals surface area contributed by atoms with Gasteiger partial charge in [-0.15, -0.1) is 0 Å². The van der Waals surface area contributed by atoms with Gasteiger partial charge in [-0.2, -0.15) is 13.2 Å². The van der Waals surface area contributed by atoms with Gasteiger partial charge in [0.15, 0.2) is 11.2 Å². The van der Waals surface area contributed by atoms with E-state index in [-0.39, 0.29) is 64.4 Å². The molecule has 2 aromatic heterocycles. The van der Waals surface area contributed by atoms with E-state index in [9.17, 15) is 35.6 Å². The first kappa shape index (κ1) is 34.2. The van der Waals surface area contributed by atoms with E-state index in [0.29, 0.717) is 0 Å². The van der Waals surface area contributed by atoms with Crippen molar-refractivity contribution >= 4 is 33.1 Å². The predicted molar refractivity (Wildman–Crippen MR) is 169 cm³/mol. The number of carbonyl (C=O) groups excluding carboxylic acids is 2. The van der Waals surface area contributed by atoms with Crippen LogP contribution < -0.4 is 4.74 Å². The molecule has 0 atom stereocenters. The maximum Gasteiger partial charge on any atom is 0.490 e. The number of hydrogen-bond acceptors (Lipinski definition) is 8. The minimum Gasteiger partial charge on any atom is -0.496 e. The van der Waals surface area contributed by atoms with Crippen LogP contribution in [-0.4, -0.2) is 66.3 Å². The number of benzene rings is 2. The van der Waals surface area contributed by atoms with Gasteiger partial charge in [-0.1, -0.05) is 17.7 Å². The Morgan fingerprint density at radius 3 is 2.18 bits per heavy atom. The number of aromatic nitrogens is 2. The second-order valence-corrected chi connectivity index (χ2v) is 15.4. The summed E-state index contributed by atoms with van der Waals surface area (Å²) < 4.78 is 102. The number of fused-ring (bicyclic) bond motifs is 1. The molecule has 1 amide bonds. The van der Waals surface area contributed by atoms with Gasteiger partial charge < -0.3 is 19.1 Å². The Hall–Kier alpha value is -4.66. The quantitative estimate of drug-likeness (QED) is 0.160. The number of nitrogens with zero attached hydrogens (tertiary/aromatic N) is 3. The van der Waals surface area contributed by atoms with Gasteiger partial charge in [-0.3, -0.25) is 0 Å².